The van der Waals surface area contributed by atoms with Crippen LogP contribution in [0, 0.1) is 0 Å². The summed E-state index contributed by atoms with van der Waals surface area (Å²) in [5.41, 5.74) is -0.435. The van der Waals surface area contributed by atoms with E-state index in [1.54, 1.807) is 0 Å². The fourth-order valence-electron chi connectivity index (χ4n) is 2.29. The number of rotatable bonds is 3. The second-order valence-electron chi connectivity index (χ2n) is 5.63. The van der Waals surface area contributed by atoms with Crippen LogP contribution in [-0.4, -0.2) is 29.2 Å². The van der Waals surface area contributed by atoms with E-state index in [1.807, 2.05) is 0 Å². The quantitative estimate of drug-likeness (QED) is 0.672. The summed E-state index contributed by atoms with van der Waals surface area (Å²) in [6.07, 6.45) is 2.19. The Hall–Kier alpha value is -0.570. The van der Waals surface area contributed by atoms with Crippen LogP contribution in [0.25, 0.3) is 0 Å². The number of hydrogen-bond acceptors (Lipinski definition) is 3. The van der Waals surface area contributed by atoms with Crippen LogP contribution in [0.15, 0.2) is 4.99 Å². The predicted octanol–water partition coefficient (Wildman–Crippen LogP) is 2.54. The second kappa shape index (κ2) is 2.97. The first-order chi connectivity index (χ1) is 6.83. The molecule has 0 aliphatic carbocycles. The van der Waals surface area contributed by atoms with Gasteiger partial charge in [-0.05, 0) is 34.1 Å². The topological polar surface area (TPSA) is 34.1 Å². The third kappa shape index (κ3) is 1.57. The summed E-state index contributed by atoms with van der Waals surface area (Å²) in [6, 6.07) is 0. The van der Waals surface area contributed by atoms with Crippen molar-refractivity contribution in [3.8, 4) is 0 Å². The van der Waals surface area contributed by atoms with Crippen molar-refractivity contribution in [2.24, 2.45) is 4.99 Å². The van der Waals surface area contributed by atoms with Crippen LogP contribution in [0.1, 0.15) is 47.5 Å². The smallest absolute Gasteiger partial charge is 0.220 e. The molecule has 3 heteroatoms. The van der Waals surface area contributed by atoms with Gasteiger partial charge in [-0.25, -0.2) is 4.99 Å². The Labute approximate surface area is 91.9 Å². The zero-order valence-corrected chi connectivity index (χ0v) is 10.4. The minimum absolute atomic E-state index is 0.0684. The molecule has 2 heterocycles. The molecule has 0 radical (unpaired) electrons. The zero-order chi connectivity index (χ0) is 11.3. The summed E-state index contributed by atoms with van der Waals surface area (Å²) in [7, 11) is 0. The molecule has 2 aliphatic heterocycles. The highest BCUT2D eigenvalue weighted by atomic mass is 16.7. The summed E-state index contributed by atoms with van der Waals surface area (Å²) < 4.78 is 11.5. The van der Waals surface area contributed by atoms with Crippen molar-refractivity contribution in [3.05, 3.63) is 0 Å². The van der Waals surface area contributed by atoms with Crippen molar-refractivity contribution >= 4 is 5.90 Å². The lowest BCUT2D eigenvalue weighted by atomic mass is 9.91. The Morgan fingerprint density at radius 2 is 1.93 bits per heavy atom. The molecule has 1 saturated heterocycles. The van der Waals surface area contributed by atoms with Gasteiger partial charge in [0, 0.05) is 0 Å². The Kier molecular flexibility index (Phi) is 2.16. The monoisotopic (exact) mass is 211 g/mol. The normalized spacial score (nSPS) is 42.3. The number of hydrogen-bond donors (Lipinski definition) is 0. The highest BCUT2D eigenvalue weighted by Gasteiger charge is 2.68. The molecule has 0 aromatic heterocycles. The SMILES string of the molecule is CCC[C@@]1(C)O[C@@]1(C)C1=NC(C)(C)CO1. The Morgan fingerprint density at radius 3 is 2.40 bits per heavy atom. The van der Waals surface area contributed by atoms with Crippen molar-refractivity contribution in [1.82, 2.24) is 0 Å². The van der Waals surface area contributed by atoms with E-state index in [0.717, 1.165) is 18.7 Å². The van der Waals surface area contributed by atoms with Gasteiger partial charge in [0.1, 0.15) is 12.2 Å². The molecule has 86 valence electrons. The molecule has 2 aliphatic rings. The Balaban J connectivity index is 2.14. The minimum atomic E-state index is -0.281. The number of ether oxygens (including phenoxy) is 2. The third-order valence-corrected chi connectivity index (χ3v) is 3.50. The van der Waals surface area contributed by atoms with Gasteiger partial charge in [-0.1, -0.05) is 13.3 Å². The van der Waals surface area contributed by atoms with Crippen molar-refractivity contribution in [2.75, 3.05) is 6.61 Å². The molecule has 0 saturated carbocycles. The van der Waals surface area contributed by atoms with Gasteiger partial charge in [0.05, 0.1) is 5.54 Å². The van der Waals surface area contributed by atoms with Crippen LogP contribution in [0.5, 0.6) is 0 Å². The van der Waals surface area contributed by atoms with Crippen LogP contribution in [0.4, 0.5) is 0 Å². The third-order valence-electron chi connectivity index (χ3n) is 3.50. The van der Waals surface area contributed by atoms with Gasteiger partial charge >= 0.3 is 0 Å². The van der Waals surface area contributed by atoms with Gasteiger partial charge in [-0.3, -0.25) is 0 Å². The molecule has 0 spiro atoms. The Bertz CT molecular complexity index is 311. The molecule has 0 bridgehead atoms. The fourth-order valence-corrected chi connectivity index (χ4v) is 2.29. The van der Waals surface area contributed by atoms with E-state index < -0.39 is 0 Å². The van der Waals surface area contributed by atoms with Gasteiger partial charge in [0.2, 0.25) is 5.90 Å². The molecule has 3 nitrogen and oxygen atoms in total. The van der Waals surface area contributed by atoms with Crippen molar-refractivity contribution in [2.45, 2.75) is 64.2 Å². The van der Waals surface area contributed by atoms with Crippen LogP contribution < -0.4 is 0 Å². The summed E-state index contributed by atoms with van der Waals surface area (Å²) in [4.78, 5) is 4.60. The predicted molar refractivity (Wildman–Crippen MR) is 60.3 cm³/mol. The van der Waals surface area contributed by atoms with Crippen molar-refractivity contribution < 1.29 is 9.47 Å². The van der Waals surface area contributed by atoms with E-state index in [4.69, 9.17) is 9.47 Å². The number of aliphatic imine (C=N–C) groups is 1. The van der Waals surface area contributed by atoms with Gasteiger partial charge in [-0.15, -0.1) is 0 Å². The van der Waals surface area contributed by atoms with E-state index in [2.05, 4.69) is 39.6 Å². The van der Waals surface area contributed by atoms with Crippen LogP contribution in [0.2, 0.25) is 0 Å². The average molecular weight is 211 g/mol. The lowest BCUT2D eigenvalue weighted by Gasteiger charge is -2.10. The van der Waals surface area contributed by atoms with Gasteiger partial charge in [0.25, 0.3) is 0 Å². The first-order valence-corrected chi connectivity index (χ1v) is 5.76. The maximum absolute atomic E-state index is 5.85. The van der Waals surface area contributed by atoms with Gasteiger partial charge < -0.3 is 9.47 Å². The first-order valence-electron chi connectivity index (χ1n) is 5.76. The molecule has 15 heavy (non-hydrogen) atoms. The molecule has 1 fully saturated rings. The highest BCUT2D eigenvalue weighted by molar-refractivity contribution is 5.90. The summed E-state index contributed by atoms with van der Waals surface area (Å²) in [6.45, 7) is 11.3. The Morgan fingerprint density at radius 1 is 1.27 bits per heavy atom. The molecule has 2 rings (SSSR count). The van der Waals surface area contributed by atoms with Crippen LogP contribution in [0.3, 0.4) is 0 Å². The van der Waals surface area contributed by atoms with E-state index >= 15 is 0 Å². The summed E-state index contributed by atoms with van der Waals surface area (Å²) in [5, 5.41) is 0. The molecular weight excluding hydrogens is 190 g/mol. The zero-order valence-electron chi connectivity index (χ0n) is 10.4. The van der Waals surface area contributed by atoms with Gasteiger partial charge in [-0.2, -0.15) is 0 Å². The lowest BCUT2D eigenvalue weighted by Crippen LogP contribution is -2.29. The molecule has 2 atom stereocenters. The van der Waals surface area contributed by atoms with Gasteiger partial charge in [0.15, 0.2) is 5.60 Å². The van der Waals surface area contributed by atoms with Crippen molar-refractivity contribution in [1.29, 1.82) is 0 Å². The number of epoxide rings is 1. The minimum Gasteiger partial charge on any atom is -0.476 e. The molecular formula is C12H21NO2. The number of nitrogens with zero attached hydrogens (tertiary/aromatic N) is 1. The average Bonchev–Trinajstić information content (AvgIpc) is 2.50. The summed E-state index contributed by atoms with van der Waals surface area (Å²) >= 11 is 0. The standard InChI is InChI=1S/C12H21NO2/c1-6-7-11(4)12(5,15-11)9-13-10(2,3)8-14-9/h6-8H2,1-5H3/t11-,12+/m1/s1. The molecule has 0 amide bonds. The van der Waals surface area contributed by atoms with E-state index in [9.17, 15) is 0 Å². The largest absolute Gasteiger partial charge is 0.476 e. The van der Waals surface area contributed by atoms with E-state index in [1.165, 1.54) is 0 Å². The molecule has 0 unspecified atom stereocenters. The maximum Gasteiger partial charge on any atom is 0.220 e. The van der Waals surface area contributed by atoms with Crippen LogP contribution in [-0.2, 0) is 9.47 Å². The molecule has 0 aromatic rings. The molecule has 0 aromatic carbocycles. The first kappa shape index (κ1) is 10.9. The van der Waals surface area contributed by atoms with Crippen molar-refractivity contribution in [3.63, 3.8) is 0 Å². The van der Waals surface area contributed by atoms with Crippen LogP contribution >= 0.6 is 0 Å². The maximum atomic E-state index is 5.85. The second-order valence-corrected chi connectivity index (χ2v) is 5.63. The summed E-state index contributed by atoms with van der Waals surface area (Å²) in [5.74, 6) is 0.795. The van der Waals surface area contributed by atoms with E-state index in [-0.39, 0.29) is 16.7 Å². The van der Waals surface area contributed by atoms with E-state index in [0.29, 0.717) is 6.61 Å². The molecule has 0 N–H and O–H groups in total. The highest BCUT2D eigenvalue weighted by Crippen LogP contribution is 2.52. The fraction of sp³-hybridized carbons (Fsp3) is 0.917. The lowest BCUT2D eigenvalue weighted by molar-refractivity contribution is 0.245.